The molecule has 1 saturated heterocycles. The minimum absolute atomic E-state index is 0.00216. The average Bonchev–Trinajstić information content (AvgIpc) is 4.00. The van der Waals surface area contributed by atoms with Gasteiger partial charge in [-0.3, -0.25) is 24.2 Å². The summed E-state index contributed by atoms with van der Waals surface area (Å²) < 4.78 is 20.9. The van der Waals surface area contributed by atoms with Gasteiger partial charge in [0.2, 0.25) is 11.7 Å². The molecular formula is C41H43N9O8. The Morgan fingerprint density at radius 2 is 1.59 bits per heavy atom. The van der Waals surface area contributed by atoms with E-state index in [4.69, 9.17) is 14.2 Å². The number of hydrogen-bond donors (Lipinski definition) is 3. The van der Waals surface area contributed by atoms with Gasteiger partial charge in [-0.1, -0.05) is 12.1 Å². The van der Waals surface area contributed by atoms with Gasteiger partial charge < -0.3 is 48.8 Å². The van der Waals surface area contributed by atoms with Crippen molar-refractivity contribution >= 4 is 58.7 Å². The van der Waals surface area contributed by atoms with Gasteiger partial charge in [-0.2, -0.15) is 0 Å². The van der Waals surface area contributed by atoms with Crippen LogP contribution >= 0.6 is 0 Å². The molecule has 2 aromatic carbocycles. The maximum absolute atomic E-state index is 13.3. The monoisotopic (exact) mass is 789 g/mol. The molecule has 300 valence electrons. The van der Waals surface area contributed by atoms with Crippen molar-refractivity contribution in [1.29, 1.82) is 0 Å². The fourth-order valence-corrected chi connectivity index (χ4v) is 7.00. The lowest BCUT2D eigenvalue weighted by Crippen LogP contribution is -2.35. The fourth-order valence-electron chi connectivity index (χ4n) is 7.00. The first-order chi connectivity index (χ1) is 27.9. The third-order valence-corrected chi connectivity index (χ3v) is 9.98. The van der Waals surface area contributed by atoms with Crippen molar-refractivity contribution in [2.45, 2.75) is 31.7 Å². The summed E-state index contributed by atoms with van der Waals surface area (Å²) in [6.07, 6.45) is 9.24. The molecule has 0 aliphatic carbocycles. The Morgan fingerprint density at radius 3 is 2.34 bits per heavy atom. The van der Waals surface area contributed by atoms with Gasteiger partial charge in [0, 0.05) is 76.2 Å². The van der Waals surface area contributed by atoms with E-state index in [9.17, 15) is 24.0 Å². The molecule has 0 bridgehead atoms. The Labute approximate surface area is 333 Å². The van der Waals surface area contributed by atoms with Gasteiger partial charge in [-0.05, 0) is 55.2 Å². The molecule has 4 amide bonds. The number of methoxy groups -OCH3 is 2. The molecule has 2 aliphatic rings. The molecule has 17 nitrogen and oxygen atoms in total. The van der Waals surface area contributed by atoms with E-state index in [1.54, 1.807) is 62.2 Å². The summed E-state index contributed by atoms with van der Waals surface area (Å²) in [6, 6.07) is 13.9. The van der Waals surface area contributed by atoms with Crippen molar-refractivity contribution in [3.8, 4) is 22.6 Å². The van der Waals surface area contributed by atoms with Crippen LogP contribution in [-0.4, -0.2) is 92.8 Å². The molecule has 5 heterocycles. The highest BCUT2D eigenvalue weighted by Gasteiger charge is 2.32. The Morgan fingerprint density at radius 1 is 0.810 bits per heavy atom. The van der Waals surface area contributed by atoms with Crippen LogP contribution in [0.5, 0.6) is 11.5 Å². The molecule has 7 rings (SSSR count). The van der Waals surface area contributed by atoms with E-state index in [1.807, 2.05) is 29.4 Å². The van der Waals surface area contributed by atoms with E-state index in [1.165, 1.54) is 35.6 Å². The molecular weight excluding hydrogens is 747 g/mol. The van der Waals surface area contributed by atoms with Gasteiger partial charge in [0.1, 0.15) is 11.4 Å². The number of carbonyl (C=O) groups excluding carboxylic acids is 5. The van der Waals surface area contributed by atoms with E-state index < -0.39 is 17.8 Å². The Hall–Kier alpha value is -7.17. The number of benzene rings is 2. The summed E-state index contributed by atoms with van der Waals surface area (Å²) in [5.41, 5.74) is 4.25. The highest BCUT2D eigenvalue weighted by atomic mass is 16.5. The van der Waals surface area contributed by atoms with Crippen LogP contribution < -0.4 is 25.4 Å². The molecule has 58 heavy (non-hydrogen) atoms. The molecule has 2 aliphatic heterocycles. The van der Waals surface area contributed by atoms with E-state index in [0.717, 1.165) is 24.0 Å². The minimum Gasteiger partial charge on any atom is -0.493 e. The Bertz CT molecular complexity index is 2440. The summed E-state index contributed by atoms with van der Waals surface area (Å²) in [5, 5.41) is 8.36. The standard InChI is InChI=1S/C41H43N9O8/c1-47-21-25(16-31(47)38(52)46-35-23-49(3)37(45-35)39(53)44-27-17-32(41(55)57-5)48(2)22-27)24-10-12-26(13-11-24)43-36(51)9-7-15-58-34-19-30-29(18-33(34)56-4)40(54)50-14-6-8-28(50)20-42-30/h10-13,16-23,28H,6-9,14-15H2,1-5H3,(H,43,51)(H,44,53)(H,46,52)/t28-/m0/s1. The zero-order valence-electron chi connectivity index (χ0n) is 32.7. The highest BCUT2D eigenvalue weighted by molar-refractivity contribution is 6.06. The predicted molar refractivity (Wildman–Crippen MR) is 215 cm³/mol. The number of aromatic nitrogens is 4. The second kappa shape index (κ2) is 16.5. The van der Waals surface area contributed by atoms with E-state index >= 15 is 0 Å². The topological polar surface area (TPSA) is 192 Å². The average molecular weight is 790 g/mol. The lowest BCUT2D eigenvalue weighted by Gasteiger charge is -2.20. The number of nitrogens with zero attached hydrogens (tertiary/aromatic N) is 6. The zero-order chi connectivity index (χ0) is 41.1. The number of imidazole rings is 1. The fraction of sp³-hybridized carbons (Fsp3) is 0.293. The third kappa shape index (κ3) is 8.18. The van der Waals surface area contributed by atoms with E-state index in [-0.39, 0.29) is 48.2 Å². The molecule has 0 saturated carbocycles. The summed E-state index contributed by atoms with van der Waals surface area (Å²) >= 11 is 0. The second-order valence-electron chi connectivity index (χ2n) is 14.0. The van der Waals surface area contributed by atoms with Crippen LogP contribution in [0.3, 0.4) is 0 Å². The van der Waals surface area contributed by atoms with Crippen LogP contribution in [0.15, 0.2) is 72.1 Å². The number of esters is 1. The van der Waals surface area contributed by atoms with Crippen molar-refractivity contribution in [2.75, 3.05) is 43.3 Å². The van der Waals surface area contributed by atoms with Crippen molar-refractivity contribution in [3.63, 3.8) is 0 Å². The minimum atomic E-state index is -0.540. The van der Waals surface area contributed by atoms with Gasteiger partial charge in [-0.15, -0.1) is 0 Å². The molecule has 1 atom stereocenters. The number of fused-ring (bicyclic) bond motifs is 2. The normalized spacial score (nSPS) is 14.3. The summed E-state index contributed by atoms with van der Waals surface area (Å²) in [5.74, 6) is -0.631. The lowest BCUT2D eigenvalue weighted by atomic mass is 10.1. The van der Waals surface area contributed by atoms with Gasteiger partial charge in [0.25, 0.3) is 17.7 Å². The first-order valence-electron chi connectivity index (χ1n) is 18.6. The van der Waals surface area contributed by atoms with Gasteiger partial charge in [0.05, 0.1) is 43.8 Å². The second-order valence-corrected chi connectivity index (χ2v) is 14.0. The quantitative estimate of drug-likeness (QED) is 0.107. The van der Waals surface area contributed by atoms with Crippen molar-refractivity contribution in [2.24, 2.45) is 26.1 Å². The number of anilines is 3. The largest absolute Gasteiger partial charge is 0.493 e. The molecule has 3 aromatic heterocycles. The van der Waals surface area contributed by atoms with E-state index in [0.29, 0.717) is 52.8 Å². The number of rotatable bonds is 13. The summed E-state index contributed by atoms with van der Waals surface area (Å²) in [7, 11) is 7.82. The molecule has 0 unspecified atom stereocenters. The number of aryl methyl sites for hydroxylation is 3. The molecule has 1 fully saturated rings. The number of carbonyl (C=O) groups is 5. The van der Waals surface area contributed by atoms with Crippen LogP contribution in [0.25, 0.3) is 11.1 Å². The lowest BCUT2D eigenvalue weighted by molar-refractivity contribution is -0.116. The maximum atomic E-state index is 13.3. The van der Waals surface area contributed by atoms with Gasteiger partial charge in [0.15, 0.2) is 17.3 Å². The molecule has 0 spiro atoms. The first-order valence-corrected chi connectivity index (χ1v) is 18.6. The number of nitrogens with one attached hydrogen (secondary N) is 3. The van der Waals surface area contributed by atoms with Gasteiger partial charge in [-0.25, -0.2) is 9.78 Å². The first kappa shape index (κ1) is 39.1. The Balaban J connectivity index is 0.902. The highest BCUT2D eigenvalue weighted by Crippen LogP contribution is 2.38. The van der Waals surface area contributed by atoms with Crippen LogP contribution in [-0.2, 0) is 30.7 Å². The predicted octanol–water partition coefficient (Wildman–Crippen LogP) is 5.18. The number of aliphatic imine (C=N–C) groups is 1. The number of hydrogen-bond acceptors (Lipinski definition) is 10. The van der Waals surface area contributed by atoms with Crippen LogP contribution in [0.2, 0.25) is 0 Å². The number of amides is 4. The van der Waals surface area contributed by atoms with Crippen molar-refractivity contribution < 1.29 is 38.2 Å². The summed E-state index contributed by atoms with van der Waals surface area (Å²) in [4.78, 5) is 74.8. The zero-order valence-corrected chi connectivity index (χ0v) is 32.7. The molecule has 5 aromatic rings. The Kier molecular flexibility index (Phi) is 11.1. The smallest absolute Gasteiger partial charge is 0.354 e. The molecule has 0 radical (unpaired) electrons. The summed E-state index contributed by atoms with van der Waals surface area (Å²) in [6.45, 7) is 0.960. The third-order valence-electron chi connectivity index (χ3n) is 9.98. The molecule has 17 heteroatoms. The van der Waals surface area contributed by atoms with Crippen molar-refractivity contribution in [1.82, 2.24) is 23.6 Å². The number of ether oxygens (including phenoxy) is 3. The van der Waals surface area contributed by atoms with Crippen LogP contribution in [0.1, 0.15) is 67.6 Å². The van der Waals surface area contributed by atoms with Gasteiger partial charge >= 0.3 is 5.97 Å². The SMILES string of the molecule is COC(=O)c1cc(NC(=O)c2nc(NC(=O)c3cc(-c4ccc(NC(=O)CCCOc5cc6c(cc5OC)C(=O)N5CCC[C@H]5C=N6)cc4)cn3C)cn2C)cn1C. The molecule has 3 N–H and O–H groups in total. The maximum Gasteiger partial charge on any atom is 0.354 e. The van der Waals surface area contributed by atoms with Crippen molar-refractivity contribution in [3.05, 3.63) is 89.9 Å². The van der Waals surface area contributed by atoms with Crippen LogP contribution in [0.4, 0.5) is 22.9 Å². The van der Waals surface area contributed by atoms with Crippen LogP contribution in [0, 0.1) is 0 Å². The van der Waals surface area contributed by atoms with E-state index in [2.05, 4.69) is 25.9 Å².